The van der Waals surface area contributed by atoms with E-state index in [4.69, 9.17) is 22.3 Å². The molecule has 34 heavy (non-hydrogen) atoms. The Morgan fingerprint density at radius 1 is 1.09 bits per heavy atom. The number of para-hydroxylation sites is 1. The molecule has 1 atom stereocenters. The van der Waals surface area contributed by atoms with Crippen molar-refractivity contribution in [1.82, 2.24) is 24.4 Å². The number of nitrogens with two attached hydrogens (primary N) is 1. The predicted octanol–water partition coefficient (Wildman–Crippen LogP) is 3.04. The average Bonchev–Trinajstić information content (AvgIpc) is 2.81. The summed E-state index contributed by atoms with van der Waals surface area (Å²) in [7, 11) is 1.67. The number of anilines is 3. The minimum absolute atomic E-state index is 0.0111. The van der Waals surface area contributed by atoms with Gasteiger partial charge in [-0.15, -0.1) is 0 Å². The van der Waals surface area contributed by atoms with Gasteiger partial charge in [-0.05, 0) is 31.2 Å². The Morgan fingerprint density at radius 3 is 2.62 bits per heavy atom. The number of amides is 1. The number of carbonyl (C=O) groups is 1. The molecule has 2 aromatic heterocycles. The van der Waals surface area contributed by atoms with Crippen LogP contribution in [0.1, 0.15) is 29.1 Å². The summed E-state index contributed by atoms with van der Waals surface area (Å²) in [4.78, 5) is 41.2. The molecule has 5 rings (SSSR count). The molecule has 11 heteroatoms. The van der Waals surface area contributed by atoms with Crippen LogP contribution in [-0.2, 0) is 0 Å². The highest BCUT2D eigenvalue weighted by Crippen LogP contribution is 2.30. The molecule has 0 aliphatic carbocycles. The number of aromatic nitrogens is 4. The normalized spacial score (nSPS) is 14.0. The van der Waals surface area contributed by atoms with E-state index in [1.807, 2.05) is 37.3 Å². The van der Waals surface area contributed by atoms with E-state index in [9.17, 15) is 9.59 Å². The zero-order chi connectivity index (χ0) is 24.0. The first-order chi connectivity index (χ1) is 16.3. The summed E-state index contributed by atoms with van der Waals surface area (Å²) in [6.07, 6.45) is 0. The lowest BCUT2D eigenvalue weighted by Crippen LogP contribution is -2.38. The molecule has 1 aliphatic rings. The van der Waals surface area contributed by atoms with E-state index in [1.54, 1.807) is 25.2 Å². The van der Waals surface area contributed by atoms with Crippen LogP contribution in [0.2, 0.25) is 5.02 Å². The van der Waals surface area contributed by atoms with Crippen molar-refractivity contribution in [2.75, 3.05) is 30.1 Å². The van der Waals surface area contributed by atoms with Crippen LogP contribution in [0, 0.1) is 0 Å². The lowest BCUT2D eigenvalue weighted by Gasteiger charge is -2.28. The first-order valence-electron chi connectivity index (χ1n) is 10.5. The van der Waals surface area contributed by atoms with Gasteiger partial charge in [-0.1, -0.05) is 35.9 Å². The van der Waals surface area contributed by atoms with E-state index in [-0.39, 0.29) is 28.8 Å². The van der Waals surface area contributed by atoms with E-state index in [2.05, 4.69) is 20.6 Å². The van der Waals surface area contributed by atoms with Crippen LogP contribution in [0.25, 0.3) is 16.6 Å². The van der Waals surface area contributed by atoms with Gasteiger partial charge in [-0.25, -0.2) is 4.98 Å². The Morgan fingerprint density at radius 2 is 1.85 bits per heavy atom. The van der Waals surface area contributed by atoms with Gasteiger partial charge in [0.1, 0.15) is 23.0 Å². The standard InChI is InChI=1S/C23H21ClN8O2/c1-12(27-19-17-18(29-23(25)30-19)26-11-31(2)21(17)33)20-28-15-10-6-9-14(24)16(15)22(34)32(20)13-7-4-3-5-8-13/h3-10,12H,11H2,1-2H3,(H4,25,26,27,29,30)/t12-/m0/s1. The molecular weight excluding hydrogens is 456 g/mol. The lowest BCUT2D eigenvalue weighted by molar-refractivity contribution is 0.0796. The average molecular weight is 477 g/mol. The van der Waals surface area contributed by atoms with E-state index >= 15 is 0 Å². The van der Waals surface area contributed by atoms with E-state index in [0.29, 0.717) is 39.9 Å². The minimum atomic E-state index is -0.547. The van der Waals surface area contributed by atoms with Crippen molar-refractivity contribution in [1.29, 1.82) is 0 Å². The van der Waals surface area contributed by atoms with Crippen molar-refractivity contribution in [2.24, 2.45) is 0 Å². The number of nitrogens with zero attached hydrogens (tertiary/aromatic N) is 5. The molecule has 0 unspecified atom stereocenters. The summed E-state index contributed by atoms with van der Waals surface area (Å²) in [6.45, 7) is 2.13. The second kappa shape index (κ2) is 8.31. The minimum Gasteiger partial charge on any atom is -0.368 e. The Kier molecular flexibility index (Phi) is 5.29. The Bertz CT molecular complexity index is 1490. The van der Waals surface area contributed by atoms with Crippen LogP contribution in [0.15, 0.2) is 53.3 Å². The van der Waals surface area contributed by atoms with Gasteiger partial charge in [0.05, 0.1) is 34.3 Å². The number of carbonyl (C=O) groups excluding carboxylic acids is 1. The smallest absolute Gasteiger partial charge is 0.267 e. The molecule has 0 fully saturated rings. The van der Waals surface area contributed by atoms with E-state index in [0.717, 1.165) is 0 Å². The number of halogens is 1. The highest BCUT2D eigenvalue weighted by atomic mass is 35.5. The second-order valence-corrected chi connectivity index (χ2v) is 8.35. The van der Waals surface area contributed by atoms with Crippen molar-refractivity contribution in [3.8, 4) is 5.69 Å². The van der Waals surface area contributed by atoms with Gasteiger partial charge in [0.25, 0.3) is 11.5 Å². The molecule has 3 heterocycles. The molecule has 2 aromatic carbocycles. The number of rotatable bonds is 4. The molecule has 1 amide bonds. The first-order valence-corrected chi connectivity index (χ1v) is 10.9. The van der Waals surface area contributed by atoms with Gasteiger partial charge >= 0.3 is 0 Å². The van der Waals surface area contributed by atoms with Crippen LogP contribution >= 0.6 is 11.6 Å². The number of nitrogens with one attached hydrogen (secondary N) is 2. The highest BCUT2D eigenvalue weighted by Gasteiger charge is 2.29. The SMILES string of the molecule is C[C@H](Nc1nc(N)nc2c1C(=O)N(C)CN2)c1nc2cccc(Cl)c2c(=O)n1-c1ccccc1. The third kappa shape index (κ3) is 3.57. The quantitative estimate of drug-likeness (QED) is 0.409. The van der Waals surface area contributed by atoms with Gasteiger partial charge in [0.15, 0.2) is 0 Å². The number of hydrogen-bond acceptors (Lipinski definition) is 8. The molecule has 10 nitrogen and oxygen atoms in total. The molecule has 1 aliphatic heterocycles. The monoisotopic (exact) mass is 476 g/mol. The number of benzene rings is 2. The van der Waals surface area contributed by atoms with Gasteiger partial charge < -0.3 is 21.3 Å². The third-order valence-electron chi connectivity index (χ3n) is 5.60. The van der Waals surface area contributed by atoms with Crippen LogP contribution in [0.3, 0.4) is 0 Å². The van der Waals surface area contributed by atoms with Crippen LogP contribution in [0.5, 0.6) is 0 Å². The molecule has 4 N–H and O–H groups in total. The van der Waals surface area contributed by atoms with Crippen LogP contribution in [-0.4, -0.2) is 44.0 Å². The third-order valence-corrected chi connectivity index (χ3v) is 5.91. The molecule has 0 spiro atoms. The van der Waals surface area contributed by atoms with Crippen LogP contribution in [0.4, 0.5) is 17.6 Å². The summed E-state index contributed by atoms with van der Waals surface area (Å²) in [5, 5.41) is 6.93. The predicted molar refractivity (Wildman–Crippen MR) is 131 cm³/mol. The number of nitrogen functional groups attached to an aromatic ring is 1. The highest BCUT2D eigenvalue weighted by molar-refractivity contribution is 6.35. The second-order valence-electron chi connectivity index (χ2n) is 7.94. The Balaban J connectivity index is 1.68. The Labute approximate surface area is 199 Å². The fourth-order valence-corrected chi connectivity index (χ4v) is 4.21. The Hall–Kier alpha value is -4.18. The number of fused-ring (bicyclic) bond motifs is 2. The molecule has 0 saturated heterocycles. The van der Waals surface area contributed by atoms with Crippen molar-refractivity contribution < 1.29 is 4.79 Å². The summed E-state index contributed by atoms with van der Waals surface area (Å²) in [5.41, 5.74) is 6.97. The van der Waals surface area contributed by atoms with E-state index < -0.39 is 6.04 Å². The fourth-order valence-electron chi connectivity index (χ4n) is 3.96. The summed E-state index contributed by atoms with van der Waals surface area (Å²) < 4.78 is 1.51. The largest absolute Gasteiger partial charge is 0.368 e. The van der Waals surface area contributed by atoms with Gasteiger partial charge in [0, 0.05) is 7.05 Å². The summed E-state index contributed by atoms with van der Waals surface area (Å²) in [5.74, 6) is 0.781. The van der Waals surface area contributed by atoms with Crippen LogP contribution < -0.4 is 21.9 Å². The van der Waals surface area contributed by atoms with Crippen molar-refractivity contribution in [3.05, 3.63) is 75.3 Å². The fraction of sp³-hybridized carbons (Fsp3) is 0.174. The number of hydrogen-bond donors (Lipinski definition) is 3. The zero-order valence-electron chi connectivity index (χ0n) is 18.4. The van der Waals surface area contributed by atoms with Gasteiger partial charge in [-0.3, -0.25) is 14.2 Å². The topological polar surface area (TPSA) is 131 Å². The van der Waals surface area contributed by atoms with Crippen molar-refractivity contribution in [2.45, 2.75) is 13.0 Å². The maximum atomic E-state index is 13.6. The zero-order valence-corrected chi connectivity index (χ0v) is 19.2. The maximum Gasteiger partial charge on any atom is 0.267 e. The maximum absolute atomic E-state index is 13.6. The molecule has 0 radical (unpaired) electrons. The molecule has 0 bridgehead atoms. The van der Waals surface area contributed by atoms with E-state index in [1.165, 1.54) is 9.47 Å². The summed E-state index contributed by atoms with van der Waals surface area (Å²) >= 11 is 6.36. The van der Waals surface area contributed by atoms with Crippen molar-refractivity contribution >= 4 is 46.0 Å². The molecular formula is C23H21ClN8O2. The lowest BCUT2D eigenvalue weighted by atomic mass is 10.1. The van der Waals surface area contributed by atoms with Crippen molar-refractivity contribution in [3.63, 3.8) is 0 Å². The molecule has 4 aromatic rings. The van der Waals surface area contributed by atoms with Gasteiger partial charge in [-0.2, -0.15) is 9.97 Å². The first kappa shape index (κ1) is 21.7. The summed E-state index contributed by atoms with van der Waals surface area (Å²) in [6, 6.07) is 13.8. The van der Waals surface area contributed by atoms with Gasteiger partial charge in [0.2, 0.25) is 5.95 Å². The molecule has 0 saturated carbocycles. The molecule has 172 valence electrons.